The summed E-state index contributed by atoms with van der Waals surface area (Å²) in [6.07, 6.45) is 0.0610. The van der Waals surface area contributed by atoms with Crippen molar-refractivity contribution in [2.45, 2.75) is 12.6 Å². The fraction of sp³-hybridized carbons (Fsp3) is 0.500. The Balaban J connectivity index is 2.42. The first-order chi connectivity index (χ1) is 8.17. The van der Waals surface area contributed by atoms with Crippen LogP contribution < -0.4 is 5.32 Å². The molecule has 0 saturated carbocycles. The minimum atomic E-state index is 0.0610. The van der Waals surface area contributed by atoms with Gasteiger partial charge >= 0.3 is 0 Å². The Morgan fingerprint density at radius 2 is 2.18 bits per heavy atom. The van der Waals surface area contributed by atoms with Gasteiger partial charge in [-0.2, -0.15) is 0 Å². The van der Waals surface area contributed by atoms with E-state index in [2.05, 4.69) is 21.2 Å². The number of hydrogen-bond acceptors (Lipinski definition) is 3. The predicted octanol–water partition coefficient (Wildman–Crippen LogP) is 2.85. The van der Waals surface area contributed by atoms with Crippen LogP contribution in [0.1, 0.15) is 5.56 Å². The summed E-state index contributed by atoms with van der Waals surface area (Å²) in [4.78, 5) is 0. The zero-order valence-electron chi connectivity index (χ0n) is 10.0. The van der Waals surface area contributed by atoms with Crippen LogP contribution in [0.25, 0.3) is 0 Å². The lowest BCUT2D eigenvalue weighted by Gasteiger charge is -2.15. The smallest absolute Gasteiger partial charge is 0.0928 e. The molecular formula is C12H17BrClNO2. The van der Waals surface area contributed by atoms with E-state index in [1.54, 1.807) is 14.2 Å². The van der Waals surface area contributed by atoms with Crippen molar-refractivity contribution < 1.29 is 9.47 Å². The topological polar surface area (TPSA) is 30.5 Å². The zero-order chi connectivity index (χ0) is 12.7. The summed E-state index contributed by atoms with van der Waals surface area (Å²) in [7, 11) is 3.34. The van der Waals surface area contributed by atoms with Gasteiger partial charge in [0.05, 0.1) is 12.7 Å². The molecule has 1 atom stereocenters. The molecule has 0 amide bonds. The number of ether oxygens (including phenoxy) is 2. The van der Waals surface area contributed by atoms with Crippen LogP contribution in [0.5, 0.6) is 0 Å². The van der Waals surface area contributed by atoms with Crippen LogP contribution in [-0.2, 0) is 16.0 Å². The minimum Gasteiger partial charge on any atom is -0.382 e. The molecule has 0 saturated heterocycles. The van der Waals surface area contributed by atoms with Crippen molar-refractivity contribution >= 4 is 27.5 Å². The van der Waals surface area contributed by atoms with E-state index in [1.165, 1.54) is 0 Å². The highest BCUT2D eigenvalue weighted by Crippen LogP contribution is 2.20. The molecule has 1 aromatic rings. The number of rotatable bonds is 7. The highest BCUT2D eigenvalue weighted by molar-refractivity contribution is 9.10. The van der Waals surface area contributed by atoms with Crippen LogP contribution in [-0.4, -0.2) is 33.5 Å². The lowest BCUT2D eigenvalue weighted by Crippen LogP contribution is -2.31. The van der Waals surface area contributed by atoms with Gasteiger partial charge in [0.25, 0.3) is 0 Å². The summed E-state index contributed by atoms with van der Waals surface area (Å²) < 4.78 is 11.3. The van der Waals surface area contributed by atoms with Crippen LogP contribution >= 0.6 is 27.5 Å². The Hall–Kier alpha value is -0.130. The van der Waals surface area contributed by atoms with Crippen LogP contribution in [0, 0.1) is 0 Å². The Kier molecular flexibility index (Phi) is 7.08. The molecule has 1 rings (SSSR count). The van der Waals surface area contributed by atoms with E-state index in [9.17, 15) is 0 Å². The molecule has 17 heavy (non-hydrogen) atoms. The van der Waals surface area contributed by atoms with Crippen molar-refractivity contribution in [2.24, 2.45) is 0 Å². The molecule has 1 N–H and O–H groups in total. The number of benzene rings is 1. The van der Waals surface area contributed by atoms with Crippen molar-refractivity contribution in [3.8, 4) is 0 Å². The molecule has 0 fully saturated rings. The van der Waals surface area contributed by atoms with Crippen molar-refractivity contribution in [2.75, 3.05) is 27.4 Å². The maximum atomic E-state index is 6.09. The molecule has 0 radical (unpaired) electrons. The normalized spacial score (nSPS) is 12.7. The summed E-state index contributed by atoms with van der Waals surface area (Å²) >= 11 is 9.51. The molecule has 96 valence electrons. The molecule has 0 aromatic heterocycles. The highest BCUT2D eigenvalue weighted by atomic mass is 79.9. The number of hydrogen-bond donors (Lipinski definition) is 1. The summed E-state index contributed by atoms with van der Waals surface area (Å²) in [5.74, 6) is 0. The van der Waals surface area contributed by atoms with Crippen molar-refractivity contribution in [1.82, 2.24) is 5.32 Å². The summed E-state index contributed by atoms with van der Waals surface area (Å²) in [5, 5.41) is 4.06. The zero-order valence-corrected chi connectivity index (χ0v) is 12.3. The number of methoxy groups -OCH3 is 2. The van der Waals surface area contributed by atoms with Crippen LogP contribution in [0.3, 0.4) is 0 Å². The molecule has 0 bridgehead atoms. The SMILES string of the molecule is COCC(CNCc1cc(Br)ccc1Cl)OC. The lowest BCUT2D eigenvalue weighted by molar-refractivity contribution is 0.0288. The first-order valence-corrected chi connectivity index (χ1v) is 6.50. The van der Waals surface area contributed by atoms with Gasteiger partial charge in [0.15, 0.2) is 0 Å². The third-order valence-electron chi connectivity index (χ3n) is 2.38. The fourth-order valence-corrected chi connectivity index (χ4v) is 2.04. The number of nitrogens with one attached hydrogen (secondary N) is 1. The molecule has 3 nitrogen and oxygen atoms in total. The molecule has 0 aliphatic heterocycles. The van der Waals surface area contributed by atoms with Gasteiger partial charge in [-0.3, -0.25) is 0 Å². The van der Waals surface area contributed by atoms with E-state index in [0.717, 1.165) is 21.6 Å². The van der Waals surface area contributed by atoms with E-state index in [4.69, 9.17) is 21.1 Å². The minimum absolute atomic E-state index is 0.0610. The van der Waals surface area contributed by atoms with Gasteiger partial charge < -0.3 is 14.8 Å². The molecule has 0 aliphatic rings. The summed E-state index contributed by atoms with van der Waals surface area (Å²) in [6.45, 7) is 2.02. The van der Waals surface area contributed by atoms with Gasteiger partial charge in [-0.25, -0.2) is 0 Å². The van der Waals surface area contributed by atoms with Gasteiger partial charge in [-0.1, -0.05) is 27.5 Å². The van der Waals surface area contributed by atoms with Crippen molar-refractivity contribution in [3.05, 3.63) is 33.3 Å². The largest absolute Gasteiger partial charge is 0.382 e. The maximum absolute atomic E-state index is 6.09. The van der Waals surface area contributed by atoms with Gasteiger partial charge in [0.1, 0.15) is 0 Å². The van der Waals surface area contributed by atoms with E-state index >= 15 is 0 Å². The molecule has 5 heteroatoms. The molecule has 1 unspecified atom stereocenters. The van der Waals surface area contributed by atoms with E-state index in [0.29, 0.717) is 13.2 Å². The molecule has 1 aromatic carbocycles. The second kappa shape index (κ2) is 8.06. The third-order valence-corrected chi connectivity index (χ3v) is 3.24. The fourth-order valence-electron chi connectivity index (χ4n) is 1.44. The number of halogens is 2. The Morgan fingerprint density at radius 1 is 1.41 bits per heavy atom. The third kappa shape index (κ3) is 5.36. The van der Waals surface area contributed by atoms with Gasteiger partial charge in [0.2, 0.25) is 0 Å². The van der Waals surface area contributed by atoms with Gasteiger partial charge in [-0.05, 0) is 23.8 Å². The average molecular weight is 323 g/mol. The maximum Gasteiger partial charge on any atom is 0.0928 e. The average Bonchev–Trinajstić information content (AvgIpc) is 2.32. The second-order valence-corrected chi connectivity index (χ2v) is 5.00. The van der Waals surface area contributed by atoms with Crippen LogP contribution in [0.4, 0.5) is 0 Å². The first-order valence-electron chi connectivity index (χ1n) is 5.33. The molecular weight excluding hydrogens is 305 g/mol. The predicted molar refractivity (Wildman–Crippen MR) is 73.5 cm³/mol. The second-order valence-electron chi connectivity index (χ2n) is 3.68. The van der Waals surface area contributed by atoms with Crippen LogP contribution in [0.15, 0.2) is 22.7 Å². The highest BCUT2D eigenvalue weighted by Gasteiger charge is 2.07. The summed E-state index contributed by atoms with van der Waals surface area (Å²) in [5.41, 5.74) is 1.06. The first kappa shape index (κ1) is 14.9. The Bertz CT molecular complexity index is 349. The quantitative estimate of drug-likeness (QED) is 0.837. The van der Waals surface area contributed by atoms with E-state index in [1.807, 2.05) is 18.2 Å². The molecule has 0 aliphatic carbocycles. The van der Waals surface area contributed by atoms with Crippen molar-refractivity contribution in [1.29, 1.82) is 0 Å². The van der Waals surface area contributed by atoms with E-state index in [-0.39, 0.29) is 6.10 Å². The lowest BCUT2D eigenvalue weighted by atomic mass is 10.2. The monoisotopic (exact) mass is 321 g/mol. The standard InChI is InChI=1S/C12H17BrClNO2/c1-16-8-11(17-2)7-15-6-9-5-10(13)3-4-12(9)14/h3-5,11,15H,6-8H2,1-2H3. The van der Waals surface area contributed by atoms with Crippen molar-refractivity contribution in [3.63, 3.8) is 0 Å². The molecule has 0 heterocycles. The van der Waals surface area contributed by atoms with E-state index < -0.39 is 0 Å². The Morgan fingerprint density at radius 3 is 2.82 bits per heavy atom. The summed E-state index contributed by atoms with van der Waals surface area (Å²) in [6, 6.07) is 5.81. The van der Waals surface area contributed by atoms with Gasteiger partial charge in [-0.15, -0.1) is 0 Å². The van der Waals surface area contributed by atoms with Crippen LogP contribution in [0.2, 0.25) is 5.02 Å². The Labute approximate surface area is 116 Å². The molecule has 0 spiro atoms. The van der Waals surface area contributed by atoms with Gasteiger partial charge in [0, 0.05) is 36.8 Å².